The molecule has 1 aromatic heterocycles. The van der Waals surface area contributed by atoms with Gasteiger partial charge in [0.15, 0.2) is 5.82 Å². The number of nitrogens with zero attached hydrogens (tertiary/aromatic N) is 2. The number of benzene rings is 2. The molecular formula is C18H16FN3O. The van der Waals surface area contributed by atoms with Crippen LogP contribution in [0.1, 0.15) is 5.56 Å². The number of anilines is 1. The average molecular weight is 309 g/mol. The van der Waals surface area contributed by atoms with Gasteiger partial charge in [-0.05, 0) is 30.2 Å². The fourth-order valence-corrected chi connectivity index (χ4v) is 2.33. The van der Waals surface area contributed by atoms with Crippen molar-refractivity contribution in [1.82, 2.24) is 9.55 Å². The highest BCUT2D eigenvalue weighted by atomic mass is 19.1. The lowest BCUT2D eigenvalue weighted by atomic mass is 10.1. The van der Waals surface area contributed by atoms with Crippen molar-refractivity contribution in [2.75, 3.05) is 11.9 Å². The minimum Gasteiger partial charge on any atom is -0.365 e. The normalized spacial score (nSPS) is 10.5. The van der Waals surface area contributed by atoms with Crippen LogP contribution < -0.4 is 10.9 Å². The highest BCUT2D eigenvalue weighted by Gasteiger charge is 2.06. The smallest absolute Gasteiger partial charge is 0.297 e. The van der Waals surface area contributed by atoms with Gasteiger partial charge in [0.05, 0.1) is 5.69 Å². The maximum Gasteiger partial charge on any atom is 0.297 e. The fraction of sp³-hybridized carbons (Fsp3) is 0.111. The Morgan fingerprint density at radius 3 is 2.70 bits per heavy atom. The summed E-state index contributed by atoms with van der Waals surface area (Å²) in [6.07, 6.45) is 3.84. The predicted octanol–water partition coefficient (Wildman–Crippen LogP) is 3.03. The molecular weight excluding hydrogens is 293 g/mol. The summed E-state index contributed by atoms with van der Waals surface area (Å²) >= 11 is 0. The summed E-state index contributed by atoms with van der Waals surface area (Å²) in [5.74, 6) is -0.127. The number of nitrogens with one attached hydrogen (secondary N) is 1. The molecule has 0 bridgehead atoms. The van der Waals surface area contributed by atoms with Crippen LogP contribution in [0.25, 0.3) is 5.69 Å². The Labute approximate surface area is 133 Å². The molecule has 0 fully saturated rings. The Morgan fingerprint density at radius 1 is 1.09 bits per heavy atom. The van der Waals surface area contributed by atoms with Crippen LogP contribution >= 0.6 is 0 Å². The highest BCUT2D eigenvalue weighted by molar-refractivity contribution is 5.38. The molecule has 3 rings (SSSR count). The van der Waals surface area contributed by atoms with Crippen molar-refractivity contribution in [1.29, 1.82) is 0 Å². The first kappa shape index (κ1) is 15.0. The third-order valence-corrected chi connectivity index (χ3v) is 3.48. The van der Waals surface area contributed by atoms with Crippen LogP contribution in [0.4, 0.5) is 10.2 Å². The maximum absolute atomic E-state index is 13.3. The van der Waals surface area contributed by atoms with Gasteiger partial charge in [0, 0.05) is 18.9 Å². The van der Waals surface area contributed by atoms with Crippen molar-refractivity contribution in [2.45, 2.75) is 6.42 Å². The van der Waals surface area contributed by atoms with Gasteiger partial charge in [0.1, 0.15) is 5.82 Å². The molecule has 0 saturated heterocycles. The minimum atomic E-state index is -0.384. The lowest BCUT2D eigenvalue weighted by Gasteiger charge is -2.09. The summed E-state index contributed by atoms with van der Waals surface area (Å²) in [6.45, 7) is 0.597. The topological polar surface area (TPSA) is 46.9 Å². The Balaban J connectivity index is 1.76. The van der Waals surface area contributed by atoms with E-state index < -0.39 is 0 Å². The van der Waals surface area contributed by atoms with E-state index in [-0.39, 0.29) is 17.2 Å². The van der Waals surface area contributed by atoms with E-state index in [1.165, 1.54) is 34.7 Å². The molecule has 0 aliphatic rings. The van der Waals surface area contributed by atoms with Crippen LogP contribution in [0, 0.1) is 5.82 Å². The van der Waals surface area contributed by atoms with Gasteiger partial charge in [-0.2, -0.15) is 0 Å². The fourth-order valence-electron chi connectivity index (χ4n) is 2.33. The van der Waals surface area contributed by atoms with Crippen LogP contribution in [0.3, 0.4) is 0 Å². The third kappa shape index (κ3) is 3.63. The van der Waals surface area contributed by atoms with Gasteiger partial charge in [-0.3, -0.25) is 9.36 Å². The molecule has 3 aromatic rings. The largest absolute Gasteiger partial charge is 0.365 e. The molecule has 4 nitrogen and oxygen atoms in total. The first-order valence-corrected chi connectivity index (χ1v) is 7.35. The lowest BCUT2D eigenvalue weighted by Crippen LogP contribution is -2.24. The Bertz CT molecular complexity index is 846. The molecule has 0 aliphatic heterocycles. The zero-order chi connectivity index (χ0) is 16.1. The first-order chi connectivity index (χ1) is 11.2. The standard InChI is InChI=1S/C18H16FN3O/c19-15-7-4-8-16(13-15)22-12-11-21-17(18(22)23)20-10-9-14-5-2-1-3-6-14/h1-8,11-13H,9-10H2,(H,20,21). The Morgan fingerprint density at radius 2 is 1.91 bits per heavy atom. The number of rotatable bonds is 5. The lowest BCUT2D eigenvalue weighted by molar-refractivity contribution is 0.626. The van der Waals surface area contributed by atoms with E-state index in [2.05, 4.69) is 10.3 Å². The SMILES string of the molecule is O=c1c(NCCc2ccccc2)nccn1-c1cccc(F)c1. The molecule has 5 heteroatoms. The Hall–Kier alpha value is -2.95. The van der Waals surface area contributed by atoms with Gasteiger partial charge < -0.3 is 5.32 Å². The number of hydrogen-bond donors (Lipinski definition) is 1. The number of hydrogen-bond acceptors (Lipinski definition) is 3. The maximum atomic E-state index is 13.3. The van der Waals surface area contributed by atoms with Gasteiger partial charge in [-0.25, -0.2) is 9.37 Å². The second-order valence-corrected chi connectivity index (χ2v) is 5.09. The molecule has 0 amide bonds. The van der Waals surface area contributed by atoms with E-state index in [0.717, 1.165) is 6.42 Å². The highest BCUT2D eigenvalue weighted by Crippen LogP contribution is 2.08. The first-order valence-electron chi connectivity index (χ1n) is 7.35. The number of aromatic nitrogens is 2. The summed E-state index contributed by atoms with van der Waals surface area (Å²) < 4.78 is 14.7. The van der Waals surface area contributed by atoms with Crippen molar-refractivity contribution in [3.05, 3.63) is 88.7 Å². The van der Waals surface area contributed by atoms with Crippen LogP contribution in [0.5, 0.6) is 0 Å². The summed E-state index contributed by atoms with van der Waals surface area (Å²) in [6, 6.07) is 15.9. The zero-order valence-corrected chi connectivity index (χ0v) is 12.4. The van der Waals surface area contributed by atoms with Crippen LogP contribution in [-0.2, 0) is 6.42 Å². The summed E-state index contributed by atoms with van der Waals surface area (Å²) in [4.78, 5) is 16.5. The second kappa shape index (κ2) is 6.87. The third-order valence-electron chi connectivity index (χ3n) is 3.48. The summed E-state index contributed by atoms with van der Waals surface area (Å²) in [5.41, 5.74) is 1.36. The van der Waals surface area contributed by atoms with Crippen molar-refractivity contribution in [3.8, 4) is 5.69 Å². The van der Waals surface area contributed by atoms with E-state index in [0.29, 0.717) is 12.2 Å². The number of halogens is 1. The van der Waals surface area contributed by atoms with E-state index >= 15 is 0 Å². The monoisotopic (exact) mass is 309 g/mol. The minimum absolute atomic E-state index is 0.257. The molecule has 0 aliphatic carbocycles. The second-order valence-electron chi connectivity index (χ2n) is 5.09. The summed E-state index contributed by atoms with van der Waals surface area (Å²) in [5, 5.41) is 3.05. The van der Waals surface area contributed by atoms with Crippen molar-refractivity contribution in [3.63, 3.8) is 0 Å². The molecule has 23 heavy (non-hydrogen) atoms. The van der Waals surface area contributed by atoms with E-state index in [9.17, 15) is 9.18 Å². The van der Waals surface area contributed by atoms with Crippen LogP contribution in [-0.4, -0.2) is 16.1 Å². The van der Waals surface area contributed by atoms with Gasteiger partial charge in [0.2, 0.25) is 0 Å². The van der Waals surface area contributed by atoms with E-state index in [1.807, 2.05) is 30.3 Å². The van der Waals surface area contributed by atoms with Gasteiger partial charge in [-0.15, -0.1) is 0 Å². The van der Waals surface area contributed by atoms with Gasteiger partial charge in [-0.1, -0.05) is 36.4 Å². The van der Waals surface area contributed by atoms with E-state index in [1.54, 1.807) is 12.1 Å². The average Bonchev–Trinajstić information content (AvgIpc) is 2.57. The van der Waals surface area contributed by atoms with Gasteiger partial charge in [0.25, 0.3) is 5.56 Å². The quantitative estimate of drug-likeness (QED) is 0.788. The molecule has 0 unspecified atom stereocenters. The molecule has 0 spiro atoms. The molecule has 1 heterocycles. The molecule has 0 radical (unpaired) electrons. The zero-order valence-electron chi connectivity index (χ0n) is 12.4. The van der Waals surface area contributed by atoms with Crippen LogP contribution in [0.15, 0.2) is 71.8 Å². The summed E-state index contributed by atoms with van der Waals surface area (Å²) in [7, 11) is 0. The Kier molecular flexibility index (Phi) is 4.47. The predicted molar refractivity (Wildman–Crippen MR) is 88.4 cm³/mol. The van der Waals surface area contributed by atoms with Crippen molar-refractivity contribution < 1.29 is 4.39 Å². The molecule has 2 aromatic carbocycles. The van der Waals surface area contributed by atoms with Gasteiger partial charge >= 0.3 is 0 Å². The van der Waals surface area contributed by atoms with E-state index in [4.69, 9.17) is 0 Å². The van der Waals surface area contributed by atoms with Crippen LogP contribution in [0.2, 0.25) is 0 Å². The molecule has 116 valence electrons. The molecule has 1 N–H and O–H groups in total. The molecule has 0 atom stereocenters. The van der Waals surface area contributed by atoms with Crippen molar-refractivity contribution in [2.24, 2.45) is 0 Å². The van der Waals surface area contributed by atoms with Crippen molar-refractivity contribution >= 4 is 5.82 Å². The molecule has 0 saturated carbocycles.